The minimum atomic E-state index is -0.148. The molecule has 0 N–H and O–H groups in total. The number of ketones is 1. The van der Waals surface area contributed by atoms with Gasteiger partial charge in [-0.2, -0.15) is 0 Å². The molecule has 0 saturated carbocycles. The highest BCUT2D eigenvalue weighted by Gasteiger charge is 2.26. The van der Waals surface area contributed by atoms with Crippen molar-refractivity contribution in [2.75, 3.05) is 0 Å². The van der Waals surface area contributed by atoms with E-state index >= 15 is 0 Å². The second-order valence-corrected chi connectivity index (χ2v) is 7.60. The van der Waals surface area contributed by atoms with Gasteiger partial charge in [0.25, 0.3) is 0 Å². The maximum absolute atomic E-state index is 12.3. The standard InChI is InChI=1S/C12H13BrN2OS2/c1-12(2,3)11-10(18-15-14-11)8(16)6-9-7(13)4-5-17-9/h4-5H,6H2,1-3H3. The summed E-state index contributed by atoms with van der Waals surface area (Å²) in [6.07, 6.45) is 0.408. The van der Waals surface area contributed by atoms with Crippen LogP contribution in [0.15, 0.2) is 15.9 Å². The number of halogens is 1. The van der Waals surface area contributed by atoms with Crippen LogP contribution in [-0.2, 0) is 11.8 Å². The number of rotatable bonds is 3. The first-order chi connectivity index (χ1) is 8.39. The van der Waals surface area contributed by atoms with Crippen molar-refractivity contribution in [2.45, 2.75) is 32.6 Å². The van der Waals surface area contributed by atoms with Gasteiger partial charge in [0.05, 0.1) is 5.69 Å². The Balaban J connectivity index is 2.25. The number of hydrogen-bond acceptors (Lipinski definition) is 5. The molecule has 0 saturated heterocycles. The van der Waals surface area contributed by atoms with E-state index in [1.807, 2.05) is 32.2 Å². The summed E-state index contributed by atoms with van der Waals surface area (Å²) < 4.78 is 4.92. The maximum Gasteiger partial charge on any atom is 0.181 e. The van der Waals surface area contributed by atoms with Gasteiger partial charge in [-0.05, 0) is 38.9 Å². The summed E-state index contributed by atoms with van der Waals surface area (Å²) in [7, 11) is 0. The van der Waals surface area contributed by atoms with Gasteiger partial charge in [0.15, 0.2) is 5.78 Å². The molecule has 6 heteroatoms. The second-order valence-electron chi connectivity index (χ2n) is 4.99. The lowest BCUT2D eigenvalue weighted by Crippen LogP contribution is -2.17. The first-order valence-electron chi connectivity index (χ1n) is 5.47. The average Bonchev–Trinajstić information content (AvgIpc) is 2.86. The number of hydrogen-bond donors (Lipinski definition) is 0. The fourth-order valence-electron chi connectivity index (χ4n) is 1.54. The van der Waals surface area contributed by atoms with Crippen molar-refractivity contribution < 1.29 is 4.79 Å². The van der Waals surface area contributed by atoms with E-state index in [0.29, 0.717) is 11.3 Å². The molecule has 2 aromatic heterocycles. The van der Waals surface area contributed by atoms with Crippen LogP contribution in [0.1, 0.15) is 41.0 Å². The summed E-state index contributed by atoms with van der Waals surface area (Å²) in [5.41, 5.74) is 0.648. The van der Waals surface area contributed by atoms with Crippen molar-refractivity contribution in [3.8, 4) is 0 Å². The lowest BCUT2D eigenvalue weighted by molar-refractivity contribution is 0.0995. The van der Waals surface area contributed by atoms with Crippen LogP contribution < -0.4 is 0 Å². The lowest BCUT2D eigenvalue weighted by Gasteiger charge is -2.15. The molecule has 0 spiro atoms. The average molecular weight is 345 g/mol. The number of nitrogens with zero attached hydrogens (tertiary/aromatic N) is 2. The van der Waals surface area contributed by atoms with Crippen molar-refractivity contribution >= 4 is 44.6 Å². The number of carbonyl (C=O) groups excluding carboxylic acids is 1. The maximum atomic E-state index is 12.3. The summed E-state index contributed by atoms with van der Waals surface area (Å²) >= 11 is 6.22. The third-order valence-electron chi connectivity index (χ3n) is 2.46. The fraction of sp³-hybridized carbons (Fsp3) is 0.417. The lowest BCUT2D eigenvalue weighted by atomic mass is 9.90. The Morgan fingerprint density at radius 1 is 1.44 bits per heavy atom. The normalized spacial score (nSPS) is 11.8. The third-order valence-corrected chi connectivity index (χ3v) is 5.16. The molecule has 0 aliphatic carbocycles. The zero-order valence-corrected chi connectivity index (χ0v) is 13.6. The molecule has 0 unspecified atom stereocenters. The van der Waals surface area contributed by atoms with Gasteiger partial charge >= 0.3 is 0 Å². The number of Topliss-reactive ketones (excluding diaryl/α,β-unsaturated/α-hetero) is 1. The molecule has 0 aliphatic heterocycles. The van der Waals surface area contributed by atoms with Gasteiger partial charge in [-0.3, -0.25) is 4.79 Å². The topological polar surface area (TPSA) is 42.9 Å². The van der Waals surface area contributed by atoms with Crippen molar-refractivity contribution in [1.29, 1.82) is 0 Å². The molecule has 0 atom stereocenters. The van der Waals surface area contributed by atoms with Gasteiger partial charge in [-0.15, -0.1) is 16.4 Å². The molecule has 3 nitrogen and oxygen atoms in total. The van der Waals surface area contributed by atoms with E-state index < -0.39 is 0 Å². The largest absolute Gasteiger partial charge is 0.293 e. The van der Waals surface area contributed by atoms with Gasteiger partial charge in [0.1, 0.15) is 4.88 Å². The van der Waals surface area contributed by atoms with Crippen molar-refractivity contribution in [1.82, 2.24) is 9.59 Å². The fourth-order valence-corrected chi connectivity index (χ4v) is 3.84. The van der Waals surface area contributed by atoms with E-state index in [1.54, 1.807) is 11.3 Å². The Morgan fingerprint density at radius 2 is 2.17 bits per heavy atom. The molecule has 0 aliphatic rings. The van der Waals surface area contributed by atoms with Crippen LogP contribution in [0.5, 0.6) is 0 Å². The van der Waals surface area contributed by atoms with Crippen LogP contribution in [0.25, 0.3) is 0 Å². The zero-order valence-electron chi connectivity index (χ0n) is 10.4. The molecule has 0 amide bonds. The van der Waals surface area contributed by atoms with Gasteiger partial charge in [-0.25, -0.2) is 0 Å². The van der Waals surface area contributed by atoms with Gasteiger partial charge in [0.2, 0.25) is 0 Å². The minimum absolute atomic E-state index is 0.0954. The van der Waals surface area contributed by atoms with Crippen LogP contribution in [0.2, 0.25) is 0 Å². The predicted octanol–water partition coefficient (Wildman–Crippen LogP) is 4.09. The Morgan fingerprint density at radius 3 is 2.72 bits per heavy atom. The van der Waals surface area contributed by atoms with Gasteiger partial charge in [-0.1, -0.05) is 25.3 Å². The van der Waals surface area contributed by atoms with Crippen LogP contribution in [-0.4, -0.2) is 15.4 Å². The number of aromatic nitrogens is 2. The predicted molar refractivity (Wildman–Crippen MR) is 78.7 cm³/mol. The monoisotopic (exact) mass is 344 g/mol. The van der Waals surface area contributed by atoms with E-state index in [-0.39, 0.29) is 11.2 Å². The number of carbonyl (C=O) groups is 1. The molecular formula is C12H13BrN2OS2. The summed E-state index contributed by atoms with van der Waals surface area (Å²) in [5, 5.41) is 6.07. The number of thiophene rings is 1. The molecule has 2 heterocycles. The van der Waals surface area contributed by atoms with E-state index in [0.717, 1.165) is 15.0 Å². The summed E-state index contributed by atoms with van der Waals surface area (Å²) in [6.45, 7) is 6.13. The van der Waals surface area contributed by atoms with E-state index in [1.165, 1.54) is 11.5 Å². The Hall–Kier alpha value is -0.590. The van der Waals surface area contributed by atoms with E-state index in [9.17, 15) is 4.79 Å². The molecule has 96 valence electrons. The zero-order chi connectivity index (χ0) is 13.3. The molecule has 2 rings (SSSR count). The van der Waals surface area contributed by atoms with E-state index in [4.69, 9.17) is 0 Å². The van der Waals surface area contributed by atoms with E-state index in [2.05, 4.69) is 25.5 Å². The van der Waals surface area contributed by atoms with Crippen LogP contribution in [0.4, 0.5) is 0 Å². The highest BCUT2D eigenvalue weighted by atomic mass is 79.9. The Bertz CT molecular complexity index is 569. The van der Waals surface area contributed by atoms with Crippen molar-refractivity contribution in [3.05, 3.63) is 31.4 Å². The molecule has 0 fully saturated rings. The smallest absolute Gasteiger partial charge is 0.181 e. The van der Waals surface area contributed by atoms with Gasteiger partial charge < -0.3 is 0 Å². The molecule has 18 heavy (non-hydrogen) atoms. The van der Waals surface area contributed by atoms with Crippen molar-refractivity contribution in [2.24, 2.45) is 0 Å². The first kappa shape index (κ1) is 13.8. The molecule has 0 aromatic carbocycles. The highest BCUT2D eigenvalue weighted by molar-refractivity contribution is 9.10. The van der Waals surface area contributed by atoms with Crippen LogP contribution in [0, 0.1) is 0 Å². The van der Waals surface area contributed by atoms with Crippen LogP contribution >= 0.6 is 38.8 Å². The molecule has 0 radical (unpaired) electrons. The second kappa shape index (κ2) is 5.19. The minimum Gasteiger partial charge on any atom is -0.293 e. The van der Waals surface area contributed by atoms with Crippen molar-refractivity contribution in [3.63, 3.8) is 0 Å². The van der Waals surface area contributed by atoms with Gasteiger partial charge in [0, 0.05) is 21.2 Å². The Kier molecular flexibility index (Phi) is 3.99. The highest BCUT2D eigenvalue weighted by Crippen LogP contribution is 2.29. The molecule has 0 bridgehead atoms. The summed E-state index contributed by atoms with van der Waals surface area (Å²) in [6, 6.07) is 1.96. The quantitative estimate of drug-likeness (QED) is 0.787. The summed E-state index contributed by atoms with van der Waals surface area (Å²) in [4.78, 5) is 14.0. The van der Waals surface area contributed by atoms with Crippen LogP contribution in [0.3, 0.4) is 0 Å². The molecule has 2 aromatic rings. The third kappa shape index (κ3) is 2.87. The summed E-state index contributed by atoms with van der Waals surface area (Å²) in [5.74, 6) is 0.0954. The SMILES string of the molecule is CC(C)(C)c1nnsc1C(=O)Cc1sccc1Br. The Labute approximate surface area is 123 Å². The first-order valence-corrected chi connectivity index (χ1v) is 7.92. The molecular weight excluding hydrogens is 332 g/mol.